The molecule has 0 bridgehead atoms. The van der Waals surface area contributed by atoms with Crippen molar-refractivity contribution in [2.45, 2.75) is 0 Å². The Kier molecular flexibility index (Phi) is 4.07. The van der Waals surface area contributed by atoms with E-state index in [0.29, 0.717) is 5.82 Å². The maximum Gasteiger partial charge on any atom is 0.320 e. The Labute approximate surface area is 76.8 Å². The first kappa shape index (κ1) is 10.7. The molecule has 2 N–H and O–H groups in total. The van der Waals surface area contributed by atoms with Gasteiger partial charge in [0.05, 0.1) is 0 Å². The molecule has 0 spiro atoms. The van der Waals surface area contributed by atoms with Gasteiger partial charge in [0.15, 0.2) is 0 Å². The number of nitrogens with two attached hydrogens (primary N) is 1. The van der Waals surface area contributed by atoms with Gasteiger partial charge in [-0.1, -0.05) is 6.07 Å². The monoisotopic (exact) mass is 187 g/mol. The minimum atomic E-state index is -0.510. The van der Waals surface area contributed by atoms with E-state index in [4.69, 9.17) is 5.73 Å². The molecule has 0 unspecified atom stereocenters. The molecule has 0 aliphatic heterocycles. The lowest BCUT2D eigenvalue weighted by Gasteiger charge is -2.11. The Hall–Kier alpha value is -1.29. The first-order valence-electron chi connectivity index (χ1n) is 3.16. The Balaban J connectivity index is 0.00000121. The molecule has 0 aromatic carbocycles. The number of carbonyl (C=O) groups excluding carboxylic acids is 1. The number of rotatable bonds is 1. The zero-order valence-corrected chi connectivity index (χ0v) is 7.41. The van der Waals surface area contributed by atoms with Gasteiger partial charge in [-0.25, -0.2) is 9.78 Å². The van der Waals surface area contributed by atoms with Gasteiger partial charge < -0.3 is 5.73 Å². The van der Waals surface area contributed by atoms with E-state index in [-0.39, 0.29) is 12.4 Å². The van der Waals surface area contributed by atoms with E-state index in [1.165, 1.54) is 4.90 Å². The van der Waals surface area contributed by atoms with Crippen LogP contribution < -0.4 is 10.6 Å². The predicted molar refractivity (Wildman–Crippen MR) is 49.5 cm³/mol. The van der Waals surface area contributed by atoms with Crippen LogP contribution in [0.2, 0.25) is 0 Å². The highest BCUT2D eigenvalue weighted by Gasteiger charge is 2.04. The zero-order valence-electron chi connectivity index (χ0n) is 6.60. The third-order valence-corrected chi connectivity index (χ3v) is 1.32. The maximum atomic E-state index is 10.6. The van der Waals surface area contributed by atoms with Crippen molar-refractivity contribution in [1.29, 1.82) is 0 Å². The van der Waals surface area contributed by atoms with Crippen LogP contribution in [0.3, 0.4) is 0 Å². The molecule has 0 saturated carbocycles. The number of hydrogen-bond acceptors (Lipinski definition) is 2. The summed E-state index contributed by atoms with van der Waals surface area (Å²) in [7, 11) is 1.57. The molecule has 66 valence electrons. The first-order chi connectivity index (χ1) is 5.22. The van der Waals surface area contributed by atoms with Crippen LogP contribution in [0.1, 0.15) is 0 Å². The second-order valence-electron chi connectivity index (χ2n) is 2.09. The highest BCUT2D eigenvalue weighted by Crippen LogP contribution is 2.04. The second kappa shape index (κ2) is 4.56. The largest absolute Gasteiger partial charge is 0.351 e. The number of amides is 2. The Morgan fingerprint density at radius 1 is 1.58 bits per heavy atom. The summed E-state index contributed by atoms with van der Waals surface area (Å²) < 4.78 is 0. The first-order valence-corrected chi connectivity index (χ1v) is 3.16. The average Bonchev–Trinajstić information content (AvgIpc) is 2.05. The van der Waals surface area contributed by atoms with Crippen molar-refractivity contribution in [2.75, 3.05) is 11.9 Å². The fraction of sp³-hybridized carbons (Fsp3) is 0.143. The molecule has 4 nitrogen and oxygen atoms in total. The van der Waals surface area contributed by atoms with Gasteiger partial charge in [0.2, 0.25) is 0 Å². The Bertz CT molecular complexity index is 252. The number of nitrogens with zero attached hydrogens (tertiary/aromatic N) is 2. The number of aromatic nitrogens is 1. The average molecular weight is 188 g/mol. The fourth-order valence-corrected chi connectivity index (χ4v) is 0.665. The van der Waals surface area contributed by atoms with Crippen molar-refractivity contribution in [2.24, 2.45) is 5.73 Å². The van der Waals surface area contributed by atoms with Crippen molar-refractivity contribution in [3.05, 3.63) is 24.4 Å². The molecule has 0 radical (unpaired) electrons. The number of hydrogen-bond donors (Lipinski definition) is 1. The van der Waals surface area contributed by atoms with Crippen LogP contribution in [0.4, 0.5) is 10.6 Å². The van der Waals surface area contributed by atoms with Crippen LogP contribution in [-0.4, -0.2) is 18.1 Å². The quantitative estimate of drug-likeness (QED) is 0.714. The molecule has 0 aliphatic rings. The molecule has 1 aromatic rings. The van der Waals surface area contributed by atoms with E-state index < -0.39 is 6.03 Å². The Morgan fingerprint density at radius 3 is 2.67 bits per heavy atom. The minimum absolute atomic E-state index is 0. The summed E-state index contributed by atoms with van der Waals surface area (Å²) >= 11 is 0. The maximum absolute atomic E-state index is 10.6. The van der Waals surface area contributed by atoms with Crippen LogP contribution >= 0.6 is 12.4 Å². The number of urea groups is 1. The van der Waals surface area contributed by atoms with Gasteiger partial charge in [-0.05, 0) is 12.1 Å². The van der Waals surface area contributed by atoms with Crippen LogP contribution in [0, 0.1) is 0 Å². The number of primary amides is 1. The molecule has 2 amide bonds. The fourth-order valence-electron chi connectivity index (χ4n) is 0.665. The molecular formula is C7H10ClN3O. The Morgan fingerprint density at radius 2 is 2.25 bits per heavy atom. The summed E-state index contributed by atoms with van der Waals surface area (Å²) in [5, 5.41) is 0. The van der Waals surface area contributed by atoms with E-state index in [0.717, 1.165) is 0 Å². The predicted octanol–water partition coefficient (Wildman–Crippen LogP) is 1.02. The van der Waals surface area contributed by atoms with Crippen molar-refractivity contribution >= 4 is 24.3 Å². The number of anilines is 1. The lowest BCUT2D eigenvalue weighted by Crippen LogP contribution is -2.32. The number of pyridine rings is 1. The SMILES string of the molecule is CN(C(N)=O)c1ccccn1.Cl. The van der Waals surface area contributed by atoms with Crippen LogP contribution in [-0.2, 0) is 0 Å². The lowest BCUT2D eigenvalue weighted by atomic mass is 10.4. The third kappa shape index (κ3) is 2.39. The number of carbonyl (C=O) groups is 1. The van der Waals surface area contributed by atoms with E-state index in [1.54, 1.807) is 31.4 Å². The summed E-state index contributed by atoms with van der Waals surface area (Å²) in [6.45, 7) is 0. The highest BCUT2D eigenvalue weighted by molar-refractivity contribution is 5.88. The molecular weight excluding hydrogens is 178 g/mol. The van der Waals surface area contributed by atoms with Gasteiger partial charge in [0, 0.05) is 13.2 Å². The molecule has 12 heavy (non-hydrogen) atoms. The molecule has 0 fully saturated rings. The van der Waals surface area contributed by atoms with E-state index in [2.05, 4.69) is 4.98 Å². The van der Waals surface area contributed by atoms with Crippen LogP contribution in [0.25, 0.3) is 0 Å². The second-order valence-corrected chi connectivity index (χ2v) is 2.09. The molecule has 0 atom stereocenters. The zero-order chi connectivity index (χ0) is 8.27. The summed E-state index contributed by atoms with van der Waals surface area (Å²) in [4.78, 5) is 15.8. The van der Waals surface area contributed by atoms with Gasteiger partial charge in [-0.2, -0.15) is 0 Å². The molecule has 1 rings (SSSR count). The molecule has 5 heteroatoms. The smallest absolute Gasteiger partial charge is 0.320 e. The van der Waals surface area contributed by atoms with E-state index >= 15 is 0 Å². The minimum Gasteiger partial charge on any atom is -0.351 e. The van der Waals surface area contributed by atoms with Gasteiger partial charge in [0.25, 0.3) is 0 Å². The van der Waals surface area contributed by atoms with Crippen LogP contribution in [0.15, 0.2) is 24.4 Å². The summed E-state index contributed by atoms with van der Waals surface area (Å²) in [6, 6.07) is 4.77. The normalized spacial score (nSPS) is 8.42. The summed E-state index contributed by atoms with van der Waals surface area (Å²) in [6.07, 6.45) is 1.61. The summed E-state index contributed by atoms with van der Waals surface area (Å²) in [5.74, 6) is 0.556. The standard InChI is InChI=1S/C7H9N3O.ClH/c1-10(7(8)11)6-4-2-3-5-9-6;/h2-5H,1H3,(H2,8,11);1H. The molecule has 0 saturated heterocycles. The lowest BCUT2D eigenvalue weighted by molar-refractivity contribution is 0.255. The van der Waals surface area contributed by atoms with Crippen LogP contribution in [0.5, 0.6) is 0 Å². The van der Waals surface area contributed by atoms with Crippen molar-refractivity contribution < 1.29 is 4.79 Å². The van der Waals surface area contributed by atoms with Crippen molar-refractivity contribution in [1.82, 2.24) is 4.98 Å². The summed E-state index contributed by atoms with van der Waals surface area (Å²) in [5.41, 5.74) is 5.01. The van der Waals surface area contributed by atoms with Gasteiger partial charge in [-0.15, -0.1) is 12.4 Å². The molecule has 1 aromatic heterocycles. The van der Waals surface area contributed by atoms with E-state index in [1.807, 2.05) is 0 Å². The number of halogens is 1. The van der Waals surface area contributed by atoms with Gasteiger partial charge >= 0.3 is 6.03 Å². The van der Waals surface area contributed by atoms with Crippen molar-refractivity contribution in [3.8, 4) is 0 Å². The highest BCUT2D eigenvalue weighted by atomic mass is 35.5. The van der Waals surface area contributed by atoms with E-state index in [9.17, 15) is 4.79 Å². The third-order valence-electron chi connectivity index (χ3n) is 1.32. The van der Waals surface area contributed by atoms with Gasteiger partial charge in [-0.3, -0.25) is 4.90 Å². The molecule has 1 heterocycles. The van der Waals surface area contributed by atoms with Gasteiger partial charge in [0.1, 0.15) is 5.82 Å². The molecule has 0 aliphatic carbocycles. The van der Waals surface area contributed by atoms with Crippen molar-refractivity contribution in [3.63, 3.8) is 0 Å². The topological polar surface area (TPSA) is 59.2 Å².